The zero-order valence-corrected chi connectivity index (χ0v) is 7.66. The minimum Gasteiger partial charge on any atom is -0.373 e. The number of nitrogens with zero attached hydrogens (tertiary/aromatic N) is 1. The van der Waals surface area contributed by atoms with Crippen LogP contribution in [-0.2, 0) is 17.9 Å². The van der Waals surface area contributed by atoms with Crippen LogP contribution in [0, 0.1) is 5.82 Å². The third kappa shape index (κ3) is 1.06. The third-order valence-corrected chi connectivity index (χ3v) is 2.66. The van der Waals surface area contributed by atoms with Crippen LogP contribution in [0.25, 0.3) is 10.9 Å². The van der Waals surface area contributed by atoms with Crippen LogP contribution in [0.1, 0.15) is 5.69 Å². The first-order chi connectivity index (χ1) is 6.84. The number of halogens is 1. The van der Waals surface area contributed by atoms with E-state index < -0.39 is 0 Å². The largest absolute Gasteiger partial charge is 0.373 e. The van der Waals surface area contributed by atoms with Crippen molar-refractivity contribution in [1.29, 1.82) is 0 Å². The number of benzene rings is 1. The minimum absolute atomic E-state index is 0.176. The van der Waals surface area contributed by atoms with Crippen molar-refractivity contribution < 1.29 is 9.13 Å². The molecule has 2 nitrogen and oxygen atoms in total. The predicted octanol–water partition coefficient (Wildman–Crippen LogP) is 2.31. The summed E-state index contributed by atoms with van der Waals surface area (Å²) in [5.74, 6) is -0.176. The molecule has 0 saturated heterocycles. The second kappa shape index (κ2) is 2.82. The molecule has 0 bridgehead atoms. The first-order valence-corrected chi connectivity index (χ1v) is 4.70. The summed E-state index contributed by atoms with van der Waals surface area (Å²) in [6.45, 7) is 2.17. The Labute approximate surface area is 80.9 Å². The topological polar surface area (TPSA) is 14.2 Å². The standard InChI is InChI=1S/C11H10FNO/c12-9-2-1-8-5-10-7-14-4-3-13(10)11(8)6-9/h1-2,5-6H,3-4,7H2. The van der Waals surface area contributed by atoms with Crippen LogP contribution in [0.5, 0.6) is 0 Å². The van der Waals surface area contributed by atoms with Crippen LogP contribution in [0.15, 0.2) is 24.3 Å². The first-order valence-electron chi connectivity index (χ1n) is 4.70. The van der Waals surface area contributed by atoms with E-state index in [0.29, 0.717) is 13.2 Å². The van der Waals surface area contributed by atoms with Gasteiger partial charge in [-0.05, 0) is 24.3 Å². The number of rotatable bonds is 0. The summed E-state index contributed by atoms with van der Waals surface area (Å²) in [7, 11) is 0. The van der Waals surface area contributed by atoms with Crippen molar-refractivity contribution >= 4 is 10.9 Å². The molecule has 1 aliphatic rings. The van der Waals surface area contributed by atoms with E-state index in [1.54, 1.807) is 6.07 Å². The molecule has 2 aromatic rings. The van der Waals surface area contributed by atoms with Crippen LogP contribution in [0.2, 0.25) is 0 Å². The summed E-state index contributed by atoms with van der Waals surface area (Å²) >= 11 is 0. The maximum absolute atomic E-state index is 13.0. The third-order valence-electron chi connectivity index (χ3n) is 2.66. The Kier molecular flexibility index (Phi) is 1.61. The fourth-order valence-corrected chi connectivity index (χ4v) is 2.00. The van der Waals surface area contributed by atoms with Gasteiger partial charge in [0.2, 0.25) is 0 Å². The van der Waals surface area contributed by atoms with E-state index in [2.05, 4.69) is 10.6 Å². The fraction of sp³-hybridized carbons (Fsp3) is 0.273. The van der Waals surface area contributed by atoms with Crippen LogP contribution in [0.4, 0.5) is 4.39 Å². The first kappa shape index (κ1) is 8.00. The molecule has 0 aliphatic carbocycles. The lowest BCUT2D eigenvalue weighted by Gasteiger charge is -2.16. The van der Waals surface area contributed by atoms with Crippen LogP contribution in [-0.4, -0.2) is 11.2 Å². The molecular formula is C11H10FNO. The van der Waals surface area contributed by atoms with Crippen molar-refractivity contribution in [3.05, 3.63) is 35.8 Å². The van der Waals surface area contributed by atoms with Crippen molar-refractivity contribution in [1.82, 2.24) is 4.57 Å². The van der Waals surface area contributed by atoms with Gasteiger partial charge in [0.1, 0.15) is 5.82 Å². The van der Waals surface area contributed by atoms with E-state index in [0.717, 1.165) is 23.1 Å². The second-order valence-corrected chi connectivity index (χ2v) is 3.54. The molecule has 72 valence electrons. The Morgan fingerprint density at radius 3 is 3.14 bits per heavy atom. The van der Waals surface area contributed by atoms with Gasteiger partial charge in [-0.3, -0.25) is 0 Å². The van der Waals surface area contributed by atoms with E-state index in [4.69, 9.17) is 4.74 Å². The quantitative estimate of drug-likeness (QED) is 0.623. The highest BCUT2D eigenvalue weighted by Crippen LogP contribution is 2.23. The normalized spacial score (nSPS) is 15.8. The van der Waals surface area contributed by atoms with E-state index in [1.807, 2.05) is 6.07 Å². The summed E-state index contributed by atoms with van der Waals surface area (Å²) < 4.78 is 20.5. The van der Waals surface area contributed by atoms with Crippen molar-refractivity contribution in [2.75, 3.05) is 6.61 Å². The highest BCUT2D eigenvalue weighted by atomic mass is 19.1. The van der Waals surface area contributed by atoms with Gasteiger partial charge in [-0.2, -0.15) is 0 Å². The molecule has 0 radical (unpaired) electrons. The highest BCUT2D eigenvalue weighted by molar-refractivity contribution is 5.81. The molecule has 0 N–H and O–H groups in total. The fourth-order valence-electron chi connectivity index (χ4n) is 2.00. The average molecular weight is 191 g/mol. The molecule has 1 aliphatic heterocycles. The molecular weight excluding hydrogens is 181 g/mol. The monoisotopic (exact) mass is 191 g/mol. The minimum atomic E-state index is -0.176. The second-order valence-electron chi connectivity index (χ2n) is 3.54. The van der Waals surface area contributed by atoms with Gasteiger partial charge in [0.05, 0.1) is 18.7 Å². The van der Waals surface area contributed by atoms with Gasteiger partial charge in [-0.1, -0.05) is 0 Å². The van der Waals surface area contributed by atoms with E-state index in [9.17, 15) is 4.39 Å². The van der Waals surface area contributed by atoms with Gasteiger partial charge in [0, 0.05) is 17.6 Å². The molecule has 3 heteroatoms. The predicted molar refractivity (Wildman–Crippen MR) is 51.6 cm³/mol. The maximum atomic E-state index is 13.0. The van der Waals surface area contributed by atoms with Crippen molar-refractivity contribution in [2.45, 2.75) is 13.2 Å². The Morgan fingerprint density at radius 2 is 2.21 bits per heavy atom. The van der Waals surface area contributed by atoms with Crippen LogP contribution < -0.4 is 0 Å². The van der Waals surface area contributed by atoms with Gasteiger partial charge in [0.25, 0.3) is 0 Å². The summed E-state index contributed by atoms with van der Waals surface area (Å²) in [6, 6.07) is 6.96. The lowest BCUT2D eigenvalue weighted by atomic mass is 10.2. The summed E-state index contributed by atoms with van der Waals surface area (Å²) in [6.07, 6.45) is 0. The van der Waals surface area contributed by atoms with Crippen molar-refractivity contribution in [2.24, 2.45) is 0 Å². The van der Waals surface area contributed by atoms with Gasteiger partial charge in [0.15, 0.2) is 0 Å². The van der Waals surface area contributed by atoms with Gasteiger partial charge in [-0.25, -0.2) is 4.39 Å². The summed E-state index contributed by atoms with van der Waals surface area (Å²) in [5.41, 5.74) is 2.11. The molecule has 0 amide bonds. The number of hydrogen-bond acceptors (Lipinski definition) is 1. The maximum Gasteiger partial charge on any atom is 0.125 e. The molecule has 0 unspecified atom stereocenters. The molecule has 3 rings (SSSR count). The molecule has 0 spiro atoms. The van der Waals surface area contributed by atoms with Gasteiger partial charge in [-0.15, -0.1) is 0 Å². The Hall–Kier alpha value is -1.35. The zero-order chi connectivity index (χ0) is 9.54. The lowest BCUT2D eigenvalue weighted by molar-refractivity contribution is 0.0865. The summed E-state index contributed by atoms with van der Waals surface area (Å²) in [5, 5.41) is 1.09. The molecule has 1 aromatic carbocycles. The molecule has 14 heavy (non-hydrogen) atoms. The Bertz CT molecular complexity index is 489. The number of aromatic nitrogens is 1. The Balaban J connectivity index is 2.32. The van der Waals surface area contributed by atoms with Crippen LogP contribution in [0.3, 0.4) is 0 Å². The zero-order valence-electron chi connectivity index (χ0n) is 7.66. The molecule has 0 saturated carbocycles. The number of ether oxygens (including phenoxy) is 1. The van der Waals surface area contributed by atoms with Gasteiger partial charge < -0.3 is 9.30 Å². The molecule has 0 fully saturated rings. The molecule has 2 heterocycles. The van der Waals surface area contributed by atoms with Crippen LogP contribution >= 0.6 is 0 Å². The lowest BCUT2D eigenvalue weighted by Crippen LogP contribution is -2.15. The number of hydrogen-bond donors (Lipinski definition) is 0. The van der Waals surface area contributed by atoms with E-state index in [-0.39, 0.29) is 5.82 Å². The SMILES string of the molecule is Fc1ccc2cc3n(c2c1)CCOC3. The van der Waals surface area contributed by atoms with Crippen molar-refractivity contribution in [3.8, 4) is 0 Å². The van der Waals surface area contributed by atoms with Gasteiger partial charge >= 0.3 is 0 Å². The Morgan fingerprint density at radius 1 is 1.29 bits per heavy atom. The summed E-state index contributed by atoms with van der Waals surface area (Å²) in [4.78, 5) is 0. The van der Waals surface area contributed by atoms with E-state index in [1.165, 1.54) is 6.07 Å². The number of fused-ring (bicyclic) bond motifs is 3. The smallest absolute Gasteiger partial charge is 0.125 e. The van der Waals surface area contributed by atoms with E-state index >= 15 is 0 Å². The molecule has 0 atom stereocenters. The van der Waals surface area contributed by atoms with Crippen molar-refractivity contribution in [3.63, 3.8) is 0 Å². The highest BCUT2D eigenvalue weighted by Gasteiger charge is 2.12. The average Bonchev–Trinajstić information content (AvgIpc) is 2.56. The molecule has 1 aromatic heterocycles.